The van der Waals surface area contributed by atoms with Gasteiger partial charge in [0.05, 0.1) is 5.97 Å². The molecule has 0 unspecified atom stereocenters. The van der Waals surface area contributed by atoms with Crippen molar-refractivity contribution in [1.29, 1.82) is 0 Å². The van der Waals surface area contributed by atoms with E-state index >= 15 is 0 Å². The van der Waals surface area contributed by atoms with E-state index < -0.39 is 34.8 Å². The molecule has 6 heteroatoms. The van der Waals surface area contributed by atoms with Gasteiger partial charge in [0.15, 0.2) is 23.3 Å². The van der Waals surface area contributed by atoms with Gasteiger partial charge in [0.25, 0.3) is 0 Å². The lowest BCUT2D eigenvalue weighted by atomic mass is 10.2. The van der Waals surface area contributed by atoms with Gasteiger partial charge in [-0.2, -0.15) is 0 Å². The zero-order valence-electron chi connectivity index (χ0n) is 5.91. The van der Waals surface area contributed by atoms with E-state index in [1.807, 2.05) is 0 Å². The monoisotopic (exact) mass is 193 g/mol. The fourth-order valence-corrected chi connectivity index (χ4v) is 0.721. The predicted octanol–water partition coefficient (Wildman–Crippen LogP) is 0.607. The van der Waals surface area contributed by atoms with Crippen LogP contribution in [0.4, 0.5) is 17.6 Å². The summed E-state index contributed by atoms with van der Waals surface area (Å²) in [6.07, 6.45) is 0. The van der Waals surface area contributed by atoms with Crippen LogP contribution >= 0.6 is 0 Å². The molecule has 0 amide bonds. The van der Waals surface area contributed by atoms with E-state index in [9.17, 15) is 27.5 Å². The Morgan fingerprint density at radius 2 is 1.62 bits per heavy atom. The SMILES string of the molecule is O=C([O-])c1cc(F)c(F)c(F)c1F. The molecule has 1 rings (SSSR count). The second-order valence-electron chi connectivity index (χ2n) is 2.14. The molecular formula is C7HF4O2-. The van der Waals surface area contributed by atoms with E-state index in [4.69, 9.17) is 0 Å². The largest absolute Gasteiger partial charge is 0.545 e. The van der Waals surface area contributed by atoms with Crippen LogP contribution in [0.25, 0.3) is 0 Å². The van der Waals surface area contributed by atoms with Gasteiger partial charge in [-0.3, -0.25) is 0 Å². The van der Waals surface area contributed by atoms with E-state index in [-0.39, 0.29) is 6.07 Å². The Bertz CT molecular complexity index is 375. The van der Waals surface area contributed by atoms with Gasteiger partial charge in [0, 0.05) is 5.56 Å². The average Bonchev–Trinajstić information content (AvgIpc) is 2.07. The summed E-state index contributed by atoms with van der Waals surface area (Å²) in [5.74, 6) is -10.1. The van der Waals surface area contributed by atoms with Gasteiger partial charge in [0.1, 0.15) is 0 Å². The van der Waals surface area contributed by atoms with Gasteiger partial charge >= 0.3 is 0 Å². The molecule has 0 spiro atoms. The first kappa shape index (κ1) is 9.50. The minimum absolute atomic E-state index is 0.0169. The number of carbonyl (C=O) groups is 1. The van der Waals surface area contributed by atoms with Crippen LogP contribution in [-0.4, -0.2) is 5.97 Å². The Hall–Kier alpha value is -1.59. The van der Waals surface area contributed by atoms with E-state index in [0.29, 0.717) is 0 Å². The van der Waals surface area contributed by atoms with Gasteiger partial charge < -0.3 is 9.90 Å². The zero-order valence-corrected chi connectivity index (χ0v) is 5.91. The molecule has 1 aromatic rings. The molecule has 0 aliphatic rings. The lowest BCUT2D eigenvalue weighted by Crippen LogP contribution is -2.24. The van der Waals surface area contributed by atoms with Gasteiger partial charge in [-0.1, -0.05) is 0 Å². The number of carboxylic acids is 1. The molecule has 0 atom stereocenters. The first-order valence-corrected chi connectivity index (χ1v) is 2.99. The second kappa shape index (κ2) is 3.04. The van der Waals surface area contributed by atoms with Crippen molar-refractivity contribution >= 4 is 5.97 Å². The molecule has 0 fully saturated rings. The highest BCUT2D eigenvalue weighted by Crippen LogP contribution is 2.17. The zero-order chi connectivity index (χ0) is 10.2. The van der Waals surface area contributed by atoms with Crippen LogP contribution in [-0.2, 0) is 0 Å². The van der Waals surface area contributed by atoms with E-state index in [2.05, 4.69) is 0 Å². The molecular weight excluding hydrogens is 192 g/mol. The maximum absolute atomic E-state index is 12.5. The molecule has 0 aliphatic heterocycles. The molecule has 0 aliphatic carbocycles. The van der Waals surface area contributed by atoms with Crippen LogP contribution in [0.15, 0.2) is 6.07 Å². The summed E-state index contributed by atoms with van der Waals surface area (Å²) >= 11 is 0. The minimum Gasteiger partial charge on any atom is -0.545 e. The highest BCUT2D eigenvalue weighted by atomic mass is 19.2. The molecule has 0 bridgehead atoms. The molecule has 0 saturated heterocycles. The van der Waals surface area contributed by atoms with Gasteiger partial charge in [-0.25, -0.2) is 17.6 Å². The standard InChI is InChI=1S/C7H2F4O2/c8-3-1-2(7(12)13)4(9)6(11)5(3)10/h1H,(H,12,13)/p-1. The van der Waals surface area contributed by atoms with Crippen molar-refractivity contribution in [3.63, 3.8) is 0 Å². The van der Waals surface area contributed by atoms with Crippen LogP contribution < -0.4 is 5.11 Å². The molecule has 0 aromatic heterocycles. The van der Waals surface area contributed by atoms with E-state index in [1.54, 1.807) is 0 Å². The van der Waals surface area contributed by atoms with E-state index in [0.717, 1.165) is 0 Å². The number of hydrogen-bond acceptors (Lipinski definition) is 2. The van der Waals surface area contributed by atoms with Gasteiger partial charge in [0.2, 0.25) is 0 Å². The third kappa shape index (κ3) is 1.47. The molecule has 2 nitrogen and oxygen atoms in total. The van der Waals surface area contributed by atoms with Crippen LogP contribution in [0, 0.1) is 23.3 Å². The Kier molecular flexibility index (Phi) is 2.22. The summed E-state index contributed by atoms with van der Waals surface area (Å²) in [5.41, 5.74) is -1.35. The Balaban J connectivity index is 3.50. The van der Waals surface area contributed by atoms with Crippen LogP contribution in [0.2, 0.25) is 0 Å². The lowest BCUT2D eigenvalue weighted by molar-refractivity contribution is -0.255. The summed E-state index contributed by atoms with van der Waals surface area (Å²) in [6.45, 7) is 0. The Morgan fingerprint density at radius 3 is 2.08 bits per heavy atom. The maximum atomic E-state index is 12.5. The average molecular weight is 193 g/mol. The topological polar surface area (TPSA) is 40.1 Å². The molecule has 0 N–H and O–H groups in total. The third-order valence-corrected chi connectivity index (χ3v) is 1.32. The second-order valence-corrected chi connectivity index (χ2v) is 2.14. The van der Waals surface area contributed by atoms with Crippen molar-refractivity contribution in [3.8, 4) is 0 Å². The fraction of sp³-hybridized carbons (Fsp3) is 0. The third-order valence-electron chi connectivity index (χ3n) is 1.32. The predicted molar refractivity (Wildman–Crippen MR) is 30.6 cm³/mol. The van der Waals surface area contributed by atoms with Crippen LogP contribution in [0.3, 0.4) is 0 Å². The number of carbonyl (C=O) groups excluding carboxylic acids is 1. The van der Waals surface area contributed by atoms with Crippen molar-refractivity contribution in [1.82, 2.24) is 0 Å². The molecule has 1 aromatic carbocycles. The smallest absolute Gasteiger partial charge is 0.198 e. The maximum Gasteiger partial charge on any atom is 0.198 e. The summed E-state index contributed by atoms with van der Waals surface area (Å²) < 4.78 is 49.4. The number of halogens is 4. The summed E-state index contributed by atoms with van der Waals surface area (Å²) in [4.78, 5) is 10.0. The van der Waals surface area contributed by atoms with Crippen molar-refractivity contribution in [3.05, 3.63) is 34.9 Å². The number of rotatable bonds is 1. The Labute approximate surface area is 69.4 Å². The first-order chi connectivity index (χ1) is 5.95. The minimum atomic E-state index is -2.17. The Morgan fingerprint density at radius 1 is 1.08 bits per heavy atom. The van der Waals surface area contributed by atoms with E-state index in [1.165, 1.54) is 0 Å². The quantitative estimate of drug-likeness (QED) is 0.372. The van der Waals surface area contributed by atoms with Gasteiger partial charge in [-0.15, -0.1) is 0 Å². The molecule has 0 radical (unpaired) electrons. The summed E-state index contributed by atoms with van der Waals surface area (Å²) in [5, 5.41) is 10.0. The van der Waals surface area contributed by atoms with Crippen molar-refractivity contribution in [2.24, 2.45) is 0 Å². The highest BCUT2D eigenvalue weighted by Gasteiger charge is 2.18. The summed E-state index contributed by atoms with van der Waals surface area (Å²) in [7, 11) is 0. The number of aromatic carboxylic acids is 1. The number of benzene rings is 1. The van der Waals surface area contributed by atoms with Crippen molar-refractivity contribution in [2.75, 3.05) is 0 Å². The number of carboxylic acid groups (broad SMARTS) is 1. The lowest BCUT2D eigenvalue weighted by Gasteiger charge is -2.05. The van der Waals surface area contributed by atoms with Crippen LogP contribution in [0.1, 0.15) is 10.4 Å². The summed E-state index contributed by atoms with van der Waals surface area (Å²) in [6, 6.07) is 0.0169. The highest BCUT2D eigenvalue weighted by molar-refractivity contribution is 5.86. The molecule has 13 heavy (non-hydrogen) atoms. The first-order valence-electron chi connectivity index (χ1n) is 2.99. The van der Waals surface area contributed by atoms with Crippen molar-refractivity contribution < 1.29 is 27.5 Å². The molecule has 0 saturated carbocycles. The van der Waals surface area contributed by atoms with Crippen molar-refractivity contribution in [2.45, 2.75) is 0 Å². The number of hydrogen-bond donors (Lipinski definition) is 0. The molecule has 0 heterocycles. The normalized spacial score (nSPS) is 10.2. The van der Waals surface area contributed by atoms with Gasteiger partial charge in [-0.05, 0) is 6.07 Å². The van der Waals surface area contributed by atoms with Crippen LogP contribution in [0.5, 0.6) is 0 Å². The fourth-order valence-electron chi connectivity index (χ4n) is 0.721. The molecule has 70 valence electrons.